The highest BCUT2D eigenvalue weighted by atomic mass is 32.1. The van der Waals surface area contributed by atoms with E-state index in [2.05, 4.69) is 9.97 Å². The van der Waals surface area contributed by atoms with Gasteiger partial charge in [0.25, 0.3) is 0 Å². The van der Waals surface area contributed by atoms with E-state index in [1.807, 2.05) is 35.7 Å². The van der Waals surface area contributed by atoms with Crippen molar-refractivity contribution in [2.24, 2.45) is 0 Å². The normalized spacial score (nSPS) is 10.9. The number of nitrogens with zero attached hydrogens (tertiary/aromatic N) is 3. The molecule has 0 radical (unpaired) electrons. The number of carbonyl (C=O) groups is 1. The fourth-order valence-electron chi connectivity index (χ4n) is 2.05. The Morgan fingerprint density at radius 1 is 1.40 bits per heavy atom. The van der Waals surface area contributed by atoms with Gasteiger partial charge < -0.3 is 4.74 Å². The Balaban J connectivity index is 2.08. The van der Waals surface area contributed by atoms with E-state index >= 15 is 0 Å². The first-order valence-corrected chi connectivity index (χ1v) is 7.15. The Hall–Kier alpha value is -2.21. The molecule has 6 heteroatoms. The van der Waals surface area contributed by atoms with E-state index in [0.717, 1.165) is 22.0 Å². The summed E-state index contributed by atoms with van der Waals surface area (Å²) in [6.07, 6.45) is 1.94. The van der Waals surface area contributed by atoms with Gasteiger partial charge in [-0.1, -0.05) is 6.07 Å². The molecule has 102 valence electrons. The van der Waals surface area contributed by atoms with Gasteiger partial charge in [0.15, 0.2) is 5.69 Å². The summed E-state index contributed by atoms with van der Waals surface area (Å²) in [5.41, 5.74) is 3.02. The standard InChI is InChI=1S/C14H13N3O2S/c1-3-19-14(18)10-8-20-13(16-10)12-9(2)15-11-6-4-5-7-17(11)12/h4-8H,3H2,1-2H3. The van der Waals surface area contributed by atoms with Crippen molar-refractivity contribution in [3.05, 3.63) is 41.2 Å². The van der Waals surface area contributed by atoms with Crippen LogP contribution in [0.4, 0.5) is 0 Å². The first kappa shape index (κ1) is 12.8. The Kier molecular flexibility index (Phi) is 3.23. The van der Waals surface area contributed by atoms with Gasteiger partial charge >= 0.3 is 5.97 Å². The highest BCUT2D eigenvalue weighted by Crippen LogP contribution is 2.27. The Morgan fingerprint density at radius 2 is 2.25 bits per heavy atom. The van der Waals surface area contributed by atoms with Crippen molar-refractivity contribution in [1.82, 2.24) is 14.4 Å². The monoisotopic (exact) mass is 287 g/mol. The van der Waals surface area contributed by atoms with Crippen LogP contribution in [0.1, 0.15) is 23.1 Å². The smallest absolute Gasteiger partial charge is 0.357 e. The summed E-state index contributed by atoms with van der Waals surface area (Å²) in [5, 5.41) is 2.49. The third kappa shape index (κ3) is 2.08. The molecule has 3 heterocycles. The molecule has 0 bridgehead atoms. The fourth-order valence-corrected chi connectivity index (χ4v) is 2.93. The van der Waals surface area contributed by atoms with Crippen LogP contribution >= 0.6 is 11.3 Å². The summed E-state index contributed by atoms with van der Waals surface area (Å²) < 4.78 is 6.93. The maximum Gasteiger partial charge on any atom is 0.357 e. The third-order valence-corrected chi connectivity index (χ3v) is 3.74. The number of esters is 1. The number of thiazole rings is 1. The number of aromatic nitrogens is 3. The van der Waals surface area contributed by atoms with E-state index in [4.69, 9.17) is 4.74 Å². The molecule has 0 saturated carbocycles. The number of aryl methyl sites for hydroxylation is 1. The number of fused-ring (bicyclic) bond motifs is 1. The number of hydrogen-bond donors (Lipinski definition) is 0. The Morgan fingerprint density at radius 3 is 3.05 bits per heavy atom. The van der Waals surface area contributed by atoms with Gasteiger partial charge in [-0.2, -0.15) is 0 Å². The van der Waals surface area contributed by atoms with Gasteiger partial charge in [0.2, 0.25) is 0 Å². The van der Waals surface area contributed by atoms with E-state index in [1.165, 1.54) is 11.3 Å². The predicted molar refractivity (Wildman–Crippen MR) is 77.0 cm³/mol. The zero-order valence-corrected chi connectivity index (χ0v) is 12.0. The lowest BCUT2D eigenvalue weighted by Crippen LogP contribution is -2.04. The molecule has 0 aliphatic rings. The number of hydrogen-bond acceptors (Lipinski definition) is 5. The van der Waals surface area contributed by atoms with E-state index in [1.54, 1.807) is 12.3 Å². The molecule has 20 heavy (non-hydrogen) atoms. The van der Waals surface area contributed by atoms with E-state index in [9.17, 15) is 4.79 Å². The van der Waals surface area contributed by atoms with Crippen LogP contribution in [0.3, 0.4) is 0 Å². The number of ether oxygens (including phenoxy) is 1. The van der Waals surface area contributed by atoms with Crippen LogP contribution in [0, 0.1) is 6.92 Å². The summed E-state index contributed by atoms with van der Waals surface area (Å²) in [5.74, 6) is -0.388. The molecule has 3 aromatic heterocycles. The largest absolute Gasteiger partial charge is 0.461 e. The molecule has 3 aromatic rings. The minimum absolute atomic E-state index is 0.345. The number of carbonyl (C=O) groups excluding carboxylic acids is 1. The third-order valence-electron chi connectivity index (χ3n) is 2.90. The van der Waals surface area contributed by atoms with Crippen molar-refractivity contribution in [1.29, 1.82) is 0 Å². The quantitative estimate of drug-likeness (QED) is 0.695. The van der Waals surface area contributed by atoms with Crippen LogP contribution in [0.15, 0.2) is 29.8 Å². The number of imidazole rings is 1. The summed E-state index contributed by atoms with van der Waals surface area (Å²) in [6.45, 7) is 4.06. The van der Waals surface area contributed by atoms with Gasteiger partial charge in [-0.25, -0.2) is 14.8 Å². The van der Waals surface area contributed by atoms with Crippen molar-refractivity contribution < 1.29 is 9.53 Å². The second kappa shape index (κ2) is 5.05. The highest BCUT2D eigenvalue weighted by Gasteiger charge is 2.17. The van der Waals surface area contributed by atoms with E-state index in [0.29, 0.717) is 12.3 Å². The molecule has 0 spiro atoms. The van der Waals surface area contributed by atoms with Crippen molar-refractivity contribution in [3.8, 4) is 10.7 Å². The topological polar surface area (TPSA) is 56.5 Å². The van der Waals surface area contributed by atoms with Crippen molar-refractivity contribution in [3.63, 3.8) is 0 Å². The van der Waals surface area contributed by atoms with Gasteiger partial charge in [-0.15, -0.1) is 11.3 Å². The average Bonchev–Trinajstić information content (AvgIpc) is 3.01. The molecule has 3 rings (SSSR count). The first-order valence-electron chi connectivity index (χ1n) is 6.27. The van der Waals surface area contributed by atoms with Crippen LogP contribution < -0.4 is 0 Å². The van der Waals surface area contributed by atoms with E-state index < -0.39 is 0 Å². The van der Waals surface area contributed by atoms with Crippen LogP contribution in [-0.4, -0.2) is 26.9 Å². The second-order valence-electron chi connectivity index (χ2n) is 4.23. The van der Waals surface area contributed by atoms with Gasteiger partial charge in [0.05, 0.1) is 12.3 Å². The minimum atomic E-state index is -0.388. The van der Waals surface area contributed by atoms with Gasteiger partial charge in [0.1, 0.15) is 16.3 Å². The molecule has 0 aliphatic carbocycles. The van der Waals surface area contributed by atoms with Gasteiger partial charge in [-0.05, 0) is 26.0 Å². The van der Waals surface area contributed by atoms with Crippen LogP contribution in [0.2, 0.25) is 0 Å². The molecule has 0 unspecified atom stereocenters. The van der Waals surface area contributed by atoms with E-state index in [-0.39, 0.29) is 5.97 Å². The van der Waals surface area contributed by atoms with Crippen molar-refractivity contribution in [2.75, 3.05) is 6.61 Å². The maximum atomic E-state index is 11.7. The molecule has 0 aliphatic heterocycles. The molecule has 0 N–H and O–H groups in total. The molecule has 0 aromatic carbocycles. The summed E-state index contributed by atoms with van der Waals surface area (Å²) in [6, 6.07) is 5.82. The average molecular weight is 287 g/mol. The summed E-state index contributed by atoms with van der Waals surface area (Å²) >= 11 is 1.42. The lowest BCUT2D eigenvalue weighted by Gasteiger charge is -1.99. The summed E-state index contributed by atoms with van der Waals surface area (Å²) in [4.78, 5) is 20.5. The zero-order chi connectivity index (χ0) is 14.1. The predicted octanol–water partition coefficient (Wildman–Crippen LogP) is 2.94. The molecule has 0 atom stereocenters. The Bertz CT molecular complexity index is 776. The maximum absolute atomic E-state index is 11.7. The molecular weight excluding hydrogens is 274 g/mol. The SMILES string of the molecule is CCOC(=O)c1csc(-c2c(C)nc3ccccn23)n1. The molecule has 0 fully saturated rings. The molecule has 0 amide bonds. The molecule has 0 saturated heterocycles. The first-order chi connectivity index (χ1) is 9.70. The lowest BCUT2D eigenvalue weighted by molar-refractivity contribution is 0.0520. The fraction of sp³-hybridized carbons (Fsp3) is 0.214. The van der Waals surface area contributed by atoms with Crippen LogP contribution in [-0.2, 0) is 4.74 Å². The van der Waals surface area contributed by atoms with Gasteiger partial charge in [0, 0.05) is 11.6 Å². The second-order valence-corrected chi connectivity index (χ2v) is 5.09. The summed E-state index contributed by atoms with van der Waals surface area (Å²) in [7, 11) is 0. The molecule has 5 nitrogen and oxygen atoms in total. The van der Waals surface area contributed by atoms with Crippen LogP contribution in [0.5, 0.6) is 0 Å². The minimum Gasteiger partial charge on any atom is -0.461 e. The van der Waals surface area contributed by atoms with Crippen molar-refractivity contribution in [2.45, 2.75) is 13.8 Å². The highest BCUT2D eigenvalue weighted by molar-refractivity contribution is 7.13. The zero-order valence-electron chi connectivity index (χ0n) is 11.2. The molecular formula is C14H13N3O2S. The number of pyridine rings is 1. The lowest BCUT2D eigenvalue weighted by atomic mass is 10.3. The van der Waals surface area contributed by atoms with Gasteiger partial charge in [-0.3, -0.25) is 4.40 Å². The number of rotatable bonds is 3. The Labute approximate surface area is 119 Å². The van der Waals surface area contributed by atoms with Crippen LogP contribution in [0.25, 0.3) is 16.3 Å². The van der Waals surface area contributed by atoms with Crippen molar-refractivity contribution >= 4 is 23.0 Å².